The van der Waals surface area contributed by atoms with Crippen LogP contribution in [0.25, 0.3) is 22.8 Å². The van der Waals surface area contributed by atoms with Crippen molar-refractivity contribution in [1.29, 1.82) is 0 Å². The molecule has 4 rings (SSSR count). The van der Waals surface area contributed by atoms with Crippen molar-refractivity contribution in [3.05, 3.63) is 89.1 Å². The van der Waals surface area contributed by atoms with Gasteiger partial charge in [0.05, 0.1) is 0 Å². The molecule has 31 heavy (non-hydrogen) atoms. The van der Waals surface area contributed by atoms with E-state index in [1.54, 1.807) is 6.20 Å². The van der Waals surface area contributed by atoms with E-state index in [0.29, 0.717) is 29.6 Å². The molecule has 0 aliphatic rings. The average Bonchev–Trinajstić information content (AvgIpc) is 2.78. The van der Waals surface area contributed by atoms with Crippen molar-refractivity contribution in [2.24, 2.45) is 0 Å². The molecule has 0 unspecified atom stereocenters. The first-order valence-electron chi connectivity index (χ1n) is 10.2. The minimum Gasteiger partial charge on any atom is -0.364 e. The predicted octanol–water partition coefficient (Wildman–Crippen LogP) is 6.16. The third-order valence-corrected chi connectivity index (χ3v) is 5.24. The summed E-state index contributed by atoms with van der Waals surface area (Å²) in [6, 6.07) is 21.7. The minimum atomic E-state index is -0.00230. The molecule has 2 heterocycles. The Kier molecular flexibility index (Phi) is 5.96. The van der Waals surface area contributed by atoms with Gasteiger partial charge in [0.15, 0.2) is 5.82 Å². The van der Waals surface area contributed by atoms with Gasteiger partial charge in [-0.05, 0) is 34.7 Å². The van der Waals surface area contributed by atoms with Crippen LogP contribution in [0.15, 0.2) is 72.9 Å². The summed E-state index contributed by atoms with van der Waals surface area (Å²) in [6.45, 7) is 7.03. The van der Waals surface area contributed by atoms with Gasteiger partial charge in [-0.3, -0.25) is 4.98 Å². The van der Waals surface area contributed by atoms with E-state index >= 15 is 0 Å². The van der Waals surface area contributed by atoms with Gasteiger partial charge in [0.25, 0.3) is 0 Å². The molecule has 0 amide bonds. The zero-order valence-electron chi connectivity index (χ0n) is 17.8. The highest BCUT2D eigenvalue weighted by molar-refractivity contribution is 6.31. The first-order valence-corrected chi connectivity index (χ1v) is 10.5. The molecule has 0 aliphatic carbocycles. The van der Waals surface area contributed by atoms with Crippen LogP contribution in [-0.4, -0.2) is 20.2 Å². The Morgan fingerprint density at radius 3 is 2.35 bits per heavy atom. The smallest absolute Gasteiger partial charge is 0.202 e. The summed E-state index contributed by atoms with van der Waals surface area (Å²) >= 11 is 6.55. The number of rotatable bonds is 5. The second-order valence-corrected chi connectivity index (χ2v) is 8.74. The van der Waals surface area contributed by atoms with Crippen LogP contribution in [0, 0.1) is 0 Å². The van der Waals surface area contributed by atoms with Crippen LogP contribution >= 0.6 is 11.6 Å². The number of benzene rings is 2. The number of pyridine rings is 1. The Labute approximate surface area is 187 Å². The van der Waals surface area contributed by atoms with Gasteiger partial charge in [0.2, 0.25) is 5.82 Å². The lowest BCUT2D eigenvalue weighted by Crippen LogP contribution is -2.12. The van der Waals surface area contributed by atoms with Gasteiger partial charge in [-0.2, -0.15) is 0 Å². The highest BCUT2D eigenvalue weighted by Crippen LogP contribution is 2.31. The molecule has 2 aromatic heterocycles. The van der Waals surface area contributed by atoms with E-state index in [4.69, 9.17) is 16.6 Å². The Bertz CT molecular complexity index is 1170. The maximum Gasteiger partial charge on any atom is 0.202 e. The van der Waals surface area contributed by atoms with Crippen molar-refractivity contribution >= 4 is 17.4 Å². The summed E-state index contributed by atoms with van der Waals surface area (Å²) in [5, 5.41) is 13.0. The van der Waals surface area contributed by atoms with E-state index < -0.39 is 0 Å². The van der Waals surface area contributed by atoms with Crippen LogP contribution in [0.4, 0.5) is 5.82 Å². The molecule has 6 heteroatoms. The normalized spacial score (nSPS) is 11.4. The molecular formula is C25H24ClN5. The van der Waals surface area contributed by atoms with Crippen molar-refractivity contribution < 1.29 is 0 Å². The van der Waals surface area contributed by atoms with Gasteiger partial charge < -0.3 is 5.32 Å². The average molecular weight is 430 g/mol. The van der Waals surface area contributed by atoms with Crippen LogP contribution < -0.4 is 5.32 Å². The SMILES string of the molecule is CC(C)(C)c1ccc(CNc2nc(-c3ccccn3)nnc2-c2ccccc2)cc1Cl. The zero-order valence-corrected chi connectivity index (χ0v) is 18.6. The zero-order chi connectivity index (χ0) is 21.8. The highest BCUT2D eigenvalue weighted by Gasteiger charge is 2.18. The molecule has 0 spiro atoms. The number of nitrogens with zero attached hydrogens (tertiary/aromatic N) is 4. The maximum absolute atomic E-state index is 6.55. The molecule has 0 atom stereocenters. The van der Waals surface area contributed by atoms with E-state index in [1.807, 2.05) is 54.6 Å². The first kappa shape index (κ1) is 20.9. The van der Waals surface area contributed by atoms with Crippen molar-refractivity contribution in [1.82, 2.24) is 20.2 Å². The van der Waals surface area contributed by atoms with Crippen molar-refractivity contribution in [2.75, 3.05) is 5.32 Å². The molecule has 0 bridgehead atoms. The van der Waals surface area contributed by atoms with Crippen LogP contribution in [0.5, 0.6) is 0 Å². The molecular weight excluding hydrogens is 406 g/mol. The van der Waals surface area contributed by atoms with E-state index in [0.717, 1.165) is 21.7 Å². The predicted molar refractivity (Wildman–Crippen MR) is 126 cm³/mol. The quantitative estimate of drug-likeness (QED) is 0.411. The lowest BCUT2D eigenvalue weighted by molar-refractivity contribution is 0.590. The Balaban J connectivity index is 1.66. The fraction of sp³-hybridized carbons (Fsp3) is 0.200. The summed E-state index contributed by atoms with van der Waals surface area (Å²) < 4.78 is 0. The Hall–Kier alpha value is -3.31. The van der Waals surface area contributed by atoms with Gasteiger partial charge in [-0.15, -0.1) is 10.2 Å². The van der Waals surface area contributed by atoms with Gasteiger partial charge in [-0.1, -0.05) is 80.9 Å². The van der Waals surface area contributed by atoms with Crippen LogP contribution in [0.1, 0.15) is 31.9 Å². The third-order valence-electron chi connectivity index (χ3n) is 4.93. The number of nitrogens with one attached hydrogen (secondary N) is 1. The van der Waals surface area contributed by atoms with Gasteiger partial charge in [-0.25, -0.2) is 4.98 Å². The van der Waals surface area contributed by atoms with Crippen molar-refractivity contribution in [3.63, 3.8) is 0 Å². The Morgan fingerprint density at radius 1 is 0.903 bits per heavy atom. The van der Waals surface area contributed by atoms with Crippen molar-refractivity contribution in [3.8, 4) is 22.8 Å². The van der Waals surface area contributed by atoms with Crippen LogP contribution in [-0.2, 0) is 12.0 Å². The lowest BCUT2D eigenvalue weighted by Gasteiger charge is -2.21. The number of hydrogen-bond acceptors (Lipinski definition) is 5. The fourth-order valence-corrected chi connectivity index (χ4v) is 3.79. The van der Waals surface area contributed by atoms with E-state index in [-0.39, 0.29) is 5.41 Å². The summed E-state index contributed by atoms with van der Waals surface area (Å²) in [5.74, 6) is 1.13. The standard InChI is InChI=1S/C25H24ClN5/c1-25(2,3)19-13-12-17(15-20(19)26)16-28-24-22(18-9-5-4-6-10-18)30-31-23(29-24)21-11-7-8-14-27-21/h4-15H,16H2,1-3H3,(H,28,29,31). The maximum atomic E-state index is 6.55. The van der Waals surface area contributed by atoms with E-state index in [2.05, 4.69) is 53.4 Å². The fourth-order valence-electron chi connectivity index (χ4n) is 3.31. The largest absolute Gasteiger partial charge is 0.364 e. The molecule has 1 N–H and O–H groups in total. The van der Waals surface area contributed by atoms with Gasteiger partial charge in [0.1, 0.15) is 11.4 Å². The molecule has 2 aromatic carbocycles. The third kappa shape index (κ3) is 4.89. The summed E-state index contributed by atoms with van der Waals surface area (Å²) in [5.41, 5.74) is 4.50. The first-order chi connectivity index (χ1) is 14.9. The Morgan fingerprint density at radius 2 is 1.68 bits per heavy atom. The van der Waals surface area contributed by atoms with Crippen LogP contribution in [0.2, 0.25) is 5.02 Å². The molecule has 5 nitrogen and oxygen atoms in total. The number of halogens is 1. The number of hydrogen-bond donors (Lipinski definition) is 1. The minimum absolute atomic E-state index is 0.00230. The highest BCUT2D eigenvalue weighted by atomic mass is 35.5. The summed E-state index contributed by atoms with van der Waals surface area (Å²) in [7, 11) is 0. The second-order valence-electron chi connectivity index (χ2n) is 8.33. The number of aromatic nitrogens is 4. The lowest BCUT2D eigenvalue weighted by atomic mass is 9.86. The monoisotopic (exact) mass is 429 g/mol. The van der Waals surface area contributed by atoms with Crippen molar-refractivity contribution in [2.45, 2.75) is 32.7 Å². The molecule has 156 valence electrons. The summed E-state index contributed by atoms with van der Waals surface area (Å²) in [6.07, 6.45) is 1.72. The number of anilines is 1. The van der Waals surface area contributed by atoms with E-state index in [9.17, 15) is 0 Å². The topological polar surface area (TPSA) is 63.6 Å². The second kappa shape index (κ2) is 8.82. The summed E-state index contributed by atoms with van der Waals surface area (Å²) in [4.78, 5) is 9.08. The van der Waals surface area contributed by atoms with Crippen LogP contribution in [0.3, 0.4) is 0 Å². The van der Waals surface area contributed by atoms with Gasteiger partial charge in [0, 0.05) is 23.3 Å². The molecule has 0 radical (unpaired) electrons. The molecule has 0 saturated carbocycles. The molecule has 0 aliphatic heterocycles. The molecule has 4 aromatic rings. The van der Waals surface area contributed by atoms with E-state index in [1.165, 1.54) is 0 Å². The molecule has 0 saturated heterocycles. The van der Waals surface area contributed by atoms with Gasteiger partial charge >= 0.3 is 0 Å². The molecule has 0 fully saturated rings.